The Balaban J connectivity index is 0.998. The fourth-order valence-corrected chi connectivity index (χ4v) is 22.1. The molecule has 0 radical (unpaired) electrons. The first-order chi connectivity index (χ1) is 32.9. The topological polar surface area (TPSA) is 146 Å². The molecule has 68 heavy (non-hydrogen) atoms. The van der Waals surface area contributed by atoms with Crippen LogP contribution in [0.15, 0.2) is 29.8 Å². The van der Waals surface area contributed by atoms with Gasteiger partial charge in [0.05, 0.1) is 29.3 Å². The van der Waals surface area contributed by atoms with Gasteiger partial charge >= 0.3 is 5.97 Å². The Kier molecular flexibility index (Phi) is 10.5. The first kappa shape index (κ1) is 45.3. The molecule has 5 N–H and O–H groups in total. The maximum atomic E-state index is 15.3. The summed E-state index contributed by atoms with van der Waals surface area (Å²) in [6.45, 7) is 3.09. The van der Waals surface area contributed by atoms with Crippen molar-refractivity contribution in [3.05, 3.63) is 46.5 Å². The Morgan fingerprint density at radius 2 is 1.74 bits per heavy atom. The molecule has 0 aromatic heterocycles. The third-order valence-electron chi connectivity index (χ3n) is 24.6. The van der Waals surface area contributed by atoms with E-state index in [1.54, 1.807) is 6.08 Å². The first-order valence-corrected chi connectivity index (χ1v) is 27.9. The van der Waals surface area contributed by atoms with Crippen molar-refractivity contribution in [2.24, 2.45) is 80.8 Å². The van der Waals surface area contributed by atoms with Gasteiger partial charge in [0.25, 0.3) is 0 Å². The number of rotatable bonds is 5. The van der Waals surface area contributed by atoms with E-state index in [1.807, 2.05) is 25.2 Å². The number of carbonyl (C=O) groups excluding carboxylic acids is 2. The quantitative estimate of drug-likeness (QED) is 0.112. The zero-order chi connectivity index (χ0) is 46.6. The van der Waals surface area contributed by atoms with Crippen LogP contribution < -0.4 is 5.32 Å². The number of aliphatic hydroxyl groups excluding tert-OH is 1. The number of ether oxygens (including phenoxy) is 2. The molecule has 368 valence electrons. The number of hydrogen-bond acceptors (Lipinski definition) is 9. The number of fused-ring (bicyclic) bond motifs is 7. The monoisotopic (exact) mass is 930 g/mol. The Morgan fingerprint density at radius 1 is 0.912 bits per heavy atom. The maximum absolute atomic E-state index is 15.3. The molecule has 9 heteroatoms. The van der Waals surface area contributed by atoms with Gasteiger partial charge in [-0.25, -0.2) is 4.79 Å². The molecule has 1 saturated heterocycles. The first-order valence-electron chi connectivity index (χ1n) is 27.9. The molecule has 18 atom stereocenters. The Labute approximate surface area is 404 Å². The summed E-state index contributed by atoms with van der Waals surface area (Å²) >= 11 is 0. The number of benzene rings is 1. The second kappa shape index (κ2) is 15.7. The van der Waals surface area contributed by atoms with Crippen molar-refractivity contribution in [1.29, 1.82) is 0 Å². The fraction of sp³-hybridized carbons (Fsp3) is 0.797. The summed E-state index contributed by atoms with van der Waals surface area (Å²) < 4.78 is 13.7. The van der Waals surface area contributed by atoms with Gasteiger partial charge in [0.1, 0.15) is 18.0 Å². The second-order valence-corrected chi connectivity index (χ2v) is 25.9. The largest absolute Gasteiger partial charge is 0.454 e. The normalized spacial score (nSPS) is 49.9. The summed E-state index contributed by atoms with van der Waals surface area (Å²) in [5.74, 6) is 7.08. The van der Waals surface area contributed by atoms with E-state index in [4.69, 9.17) is 9.47 Å². The molecule has 4 bridgehead atoms. The van der Waals surface area contributed by atoms with Crippen molar-refractivity contribution < 1.29 is 39.5 Å². The summed E-state index contributed by atoms with van der Waals surface area (Å²) in [6.07, 6.45) is 22.6. The molecule has 10 fully saturated rings. The minimum Gasteiger partial charge on any atom is -0.454 e. The van der Waals surface area contributed by atoms with Gasteiger partial charge in [-0.15, -0.1) is 0 Å². The van der Waals surface area contributed by atoms with Gasteiger partial charge in [0.15, 0.2) is 0 Å². The molecule has 1 aromatic carbocycles. The molecule has 13 aliphatic rings. The number of carbonyl (C=O) groups is 2. The Bertz CT molecular complexity index is 2320. The van der Waals surface area contributed by atoms with Crippen LogP contribution in [0.1, 0.15) is 165 Å². The lowest BCUT2D eigenvalue weighted by Crippen LogP contribution is -2.83. The van der Waals surface area contributed by atoms with Gasteiger partial charge < -0.3 is 40.0 Å². The molecule has 9 nitrogen and oxygen atoms in total. The average molecular weight is 930 g/mol. The third-order valence-corrected chi connectivity index (χ3v) is 24.6. The minimum absolute atomic E-state index is 0.0473. The molecule has 11 aliphatic carbocycles. The highest BCUT2D eigenvalue weighted by molar-refractivity contribution is 5.86. The van der Waals surface area contributed by atoms with E-state index < -0.39 is 39.7 Å². The van der Waals surface area contributed by atoms with Crippen molar-refractivity contribution >= 4 is 12.3 Å². The summed E-state index contributed by atoms with van der Waals surface area (Å²) in [7, 11) is 1.97. The van der Waals surface area contributed by atoms with Crippen LogP contribution in [0, 0.1) is 92.7 Å². The second-order valence-electron chi connectivity index (χ2n) is 25.9. The maximum Gasteiger partial charge on any atom is 0.331 e. The minimum atomic E-state index is -1.67. The SMILES string of the molecule is CN[C@@H]1Cc2c(cccc2CO)C#CCC[C@]23CC[C@H]4[C@@](O)(C[C@@H]5C[C@@H]([C@@H](C)C6CCCC6)CC[C@@H]6[C@H]7OCC[C@@H]8CCC9(CCCC9)[C@@]87C[C@@]4(C=O)[C@]56O)[C@@]2(O)C[C@H]2C[C@@H]1[C@H]1OC(=O)C=C1[C@@H]23. The third kappa shape index (κ3) is 5.53. The van der Waals surface area contributed by atoms with Crippen LogP contribution in [0.2, 0.25) is 0 Å². The van der Waals surface area contributed by atoms with Gasteiger partial charge in [-0.05, 0) is 179 Å². The molecule has 0 amide bonds. The highest BCUT2D eigenvalue weighted by Gasteiger charge is 2.86. The Hall–Kier alpha value is -2.58. The summed E-state index contributed by atoms with van der Waals surface area (Å²) in [5.41, 5.74) is -3.23. The summed E-state index contributed by atoms with van der Waals surface area (Å²) in [6, 6.07) is 5.86. The van der Waals surface area contributed by atoms with E-state index in [-0.39, 0.29) is 71.6 Å². The predicted molar refractivity (Wildman–Crippen MR) is 256 cm³/mol. The van der Waals surface area contributed by atoms with Gasteiger partial charge in [0.2, 0.25) is 0 Å². The highest BCUT2D eigenvalue weighted by atomic mass is 16.5. The smallest absolute Gasteiger partial charge is 0.331 e. The number of esters is 1. The van der Waals surface area contributed by atoms with E-state index in [9.17, 15) is 25.2 Å². The van der Waals surface area contributed by atoms with Crippen LogP contribution >= 0.6 is 0 Å². The van der Waals surface area contributed by atoms with Crippen LogP contribution in [0.3, 0.4) is 0 Å². The lowest BCUT2D eigenvalue weighted by molar-refractivity contribution is -0.370. The molecule has 9 saturated carbocycles. The van der Waals surface area contributed by atoms with Crippen LogP contribution in [0.4, 0.5) is 0 Å². The molecule has 2 aliphatic heterocycles. The molecule has 14 rings (SSSR count). The molecular weight excluding hydrogens is 851 g/mol. The molecule has 3 spiro atoms. The Morgan fingerprint density at radius 3 is 2.51 bits per heavy atom. The van der Waals surface area contributed by atoms with Gasteiger partial charge in [-0.3, -0.25) is 0 Å². The molecular formula is C59H79NO8. The van der Waals surface area contributed by atoms with E-state index in [1.165, 1.54) is 44.8 Å². The number of likely N-dealkylation sites (N-methyl/N-ethyl adjacent to an activating group) is 1. The van der Waals surface area contributed by atoms with E-state index in [0.717, 1.165) is 73.6 Å². The van der Waals surface area contributed by atoms with Crippen LogP contribution in [-0.4, -0.2) is 81.4 Å². The zero-order valence-electron chi connectivity index (χ0n) is 41.0. The predicted octanol–water partition coefficient (Wildman–Crippen LogP) is 8.15. The van der Waals surface area contributed by atoms with Gasteiger partial charge in [-0.1, -0.05) is 69.4 Å². The number of aldehydes is 1. The van der Waals surface area contributed by atoms with E-state index >= 15 is 4.79 Å². The fourth-order valence-electron chi connectivity index (χ4n) is 22.1. The van der Waals surface area contributed by atoms with Crippen LogP contribution in [0.25, 0.3) is 0 Å². The highest BCUT2D eigenvalue weighted by Crippen LogP contribution is 2.82. The van der Waals surface area contributed by atoms with Crippen LogP contribution in [-0.2, 0) is 32.1 Å². The molecule has 1 aromatic rings. The van der Waals surface area contributed by atoms with Crippen molar-refractivity contribution in [3.8, 4) is 11.8 Å². The average Bonchev–Trinajstić information content (AvgIpc) is 4.19. The van der Waals surface area contributed by atoms with Crippen molar-refractivity contribution in [1.82, 2.24) is 5.32 Å². The number of aliphatic hydroxyl groups is 4. The molecule has 2 heterocycles. The number of hydrogen-bond donors (Lipinski definition) is 5. The van der Waals surface area contributed by atoms with Crippen molar-refractivity contribution in [2.75, 3.05) is 13.7 Å². The zero-order valence-corrected chi connectivity index (χ0v) is 41.0. The summed E-state index contributed by atoms with van der Waals surface area (Å²) in [4.78, 5) is 29.0. The molecule has 0 unspecified atom stereocenters. The van der Waals surface area contributed by atoms with Crippen molar-refractivity contribution in [3.63, 3.8) is 0 Å². The summed E-state index contributed by atoms with van der Waals surface area (Å²) in [5, 5.41) is 58.3. The number of nitrogens with one attached hydrogen (secondary N) is 1. The lowest BCUT2D eigenvalue weighted by Gasteiger charge is -2.76. The van der Waals surface area contributed by atoms with Gasteiger partial charge in [0, 0.05) is 59.3 Å². The van der Waals surface area contributed by atoms with E-state index in [2.05, 4.69) is 24.1 Å². The van der Waals surface area contributed by atoms with Crippen LogP contribution in [0.5, 0.6) is 0 Å². The van der Waals surface area contributed by atoms with E-state index in [0.29, 0.717) is 81.6 Å². The lowest BCUT2D eigenvalue weighted by atomic mass is 9.31. The standard InChI is InChI=1S/C59H79NO8/c1-35(36-10-3-4-11-36)38-15-16-46-52-56(41(19-25-67-52)17-23-53(56)20-7-8-21-53)33-55(34-62)48-18-24-54-22-6-5-12-37-13-9-14-39(32-61)43(37)28-47(60-2)44-27-40(50(54)45-29-49(63)68-51(44)45)30-58(54,65)57(48,64)31-42(26-38)59(46,55)66/h9,13-14,29,34-36,38,40-42,44,46-48,50-52,60-61,64-66H,3-4,6-8,10-11,15-28,30-33H2,1-2H3/t35-,38-,40+,41-,42-,44-,46+,47+,48+,50+,51+,52+,54+,55-,56-,57-,58+,59-/m0/s1. The van der Waals surface area contributed by atoms with Crippen molar-refractivity contribution in [2.45, 2.75) is 196 Å². The van der Waals surface area contributed by atoms with Gasteiger partial charge in [-0.2, -0.15) is 0 Å².